The predicted octanol–water partition coefficient (Wildman–Crippen LogP) is 3.09. The second-order valence-corrected chi connectivity index (χ2v) is 5.99. The smallest absolute Gasteiger partial charge is 0.332 e. The number of carbonyl (C=O) groups excluding carboxylic acids is 1. The van der Waals surface area contributed by atoms with Crippen LogP contribution in [0.15, 0.2) is 24.3 Å². The first-order chi connectivity index (χ1) is 10.4. The van der Waals surface area contributed by atoms with Gasteiger partial charge in [0.2, 0.25) is 0 Å². The van der Waals surface area contributed by atoms with Crippen LogP contribution in [-0.2, 0) is 19.0 Å². The molecule has 0 amide bonds. The summed E-state index contributed by atoms with van der Waals surface area (Å²) in [6, 6.07) is 7.13. The number of benzene rings is 1. The van der Waals surface area contributed by atoms with E-state index in [0.29, 0.717) is 31.5 Å². The molecule has 0 fully saturated rings. The normalized spacial score (nSPS) is 11.3. The van der Waals surface area contributed by atoms with Crippen molar-refractivity contribution in [3.05, 3.63) is 29.3 Å². The highest BCUT2D eigenvalue weighted by Gasteiger charge is 2.15. The quantitative estimate of drug-likeness (QED) is 0.514. The molecule has 0 heterocycles. The van der Waals surface area contributed by atoms with Crippen LogP contribution in [0.5, 0.6) is 5.75 Å². The summed E-state index contributed by atoms with van der Waals surface area (Å²) in [4.78, 5) is 11.4. The monoisotopic (exact) mass is 330 g/mol. The number of carbonyl (C=O) groups is 1. The lowest BCUT2D eigenvalue weighted by Crippen LogP contribution is -2.27. The van der Waals surface area contributed by atoms with E-state index in [1.165, 1.54) is 0 Å². The van der Waals surface area contributed by atoms with E-state index >= 15 is 0 Å². The van der Waals surface area contributed by atoms with Crippen molar-refractivity contribution in [2.24, 2.45) is 0 Å². The van der Waals surface area contributed by atoms with Gasteiger partial charge in [-0.05, 0) is 45.0 Å². The van der Waals surface area contributed by atoms with Gasteiger partial charge in [0, 0.05) is 5.02 Å². The third-order valence-corrected chi connectivity index (χ3v) is 2.57. The molecule has 0 aromatic heterocycles. The zero-order chi connectivity index (χ0) is 16.4. The molecular formula is C16H23ClO5. The highest BCUT2D eigenvalue weighted by Crippen LogP contribution is 2.15. The lowest BCUT2D eigenvalue weighted by Gasteiger charge is -2.19. The van der Waals surface area contributed by atoms with Gasteiger partial charge in [-0.3, -0.25) is 0 Å². The standard InChI is InChI=1S/C16H23ClO5/c1-16(2,3)22-15(18)12-20-9-8-19-10-11-21-14-6-4-13(17)5-7-14/h4-7H,8-12H2,1-3H3. The zero-order valence-corrected chi connectivity index (χ0v) is 14.0. The van der Waals surface area contributed by atoms with Crippen LogP contribution in [-0.4, -0.2) is 44.6 Å². The van der Waals surface area contributed by atoms with Crippen LogP contribution in [0.1, 0.15) is 20.8 Å². The second kappa shape index (κ2) is 9.66. The SMILES string of the molecule is CC(C)(C)OC(=O)COCCOCCOc1ccc(Cl)cc1. The Labute approximate surface area is 136 Å². The van der Waals surface area contributed by atoms with Crippen molar-refractivity contribution in [3.8, 4) is 5.75 Å². The van der Waals surface area contributed by atoms with E-state index in [1.54, 1.807) is 24.3 Å². The fourth-order valence-electron chi connectivity index (χ4n) is 1.50. The average molecular weight is 331 g/mol. The van der Waals surface area contributed by atoms with Gasteiger partial charge in [0.1, 0.15) is 24.6 Å². The largest absolute Gasteiger partial charge is 0.491 e. The summed E-state index contributed by atoms with van der Waals surface area (Å²) >= 11 is 5.77. The van der Waals surface area contributed by atoms with Crippen LogP contribution >= 0.6 is 11.6 Å². The Bertz CT molecular complexity index is 439. The predicted molar refractivity (Wildman–Crippen MR) is 84.4 cm³/mol. The lowest BCUT2D eigenvalue weighted by molar-refractivity contribution is -0.160. The van der Waals surface area contributed by atoms with Crippen LogP contribution in [0.25, 0.3) is 0 Å². The van der Waals surface area contributed by atoms with Crippen molar-refractivity contribution >= 4 is 17.6 Å². The van der Waals surface area contributed by atoms with Gasteiger partial charge >= 0.3 is 5.97 Å². The molecule has 0 spiro atoms. The molecule has 1 aromatic rings. The van der Waals surface area contributed by atoms with Crippen molar-refractivity contribution in [2.75, 3.05) is 33.0 Å². The van der Waals surface area contributed by atoms with Gasteiger partial charge in [-0.2, -0.15) is 0 Å². The molecule has 5 nitrogen and oxygen atoms in total. The molecule has 6 heteroatoms. The van der Waals surface area contributed by atoms with Crippen molar-refractivity contribution < 1.29 is 23.7 Å². The Kier molecular flexibility index (Phi) is 8.24. The van der Waals surface area contributed by atoms with Crippen molar-refractivity contribution in [3.63, 3.8) is 0 Å². The highest BCUT2D eigenvalue weighted by atomic mass is 35.5. The molecule has 0 aliphatic heterocycles. The summed E-state index contributed by atoms with van der Waals surface area (Å²) in [6.45, 7) is 6.99. The first-order valence-corrected chi connectivity index (χ1v) is 7.50. The number of rotatable bonds is 9. The number of hydrogen-bond donors (Lipinski definition) is 0. The van der Waals surface area contributed by atoms with E-state index in [0.717, 1.165) is 5.75 Å². The number of hydrogen-bond acceptors (Lipinski definition) is 5. The van der Waals surface area contributed by atoms with Crippen LogP contribution in [0, 0.1) is 0 Å². The molecule has 124 valence electrons. The van der Waals surface area contributed by atoms with E-state index in [4.69, 9.17) is 30.5 Å². The number of halogens is 1. The molecule has 0 bridgehead atoms. The first-order valence-electron chi connectivity index (χ1n) is 7.12. The Balaban J connectivity index is 1.95. The third-order valence-electron chi connectivity index (χ3n) is 2.32. The summed E-state index contributed by atoms with van der Waals surface area (Å²) < 4.78 is 21.1. The van der Waals surface area contributed by atoms with Gasteiger partial charge in [-0.25, -0.2) is 4.79 Å². The molecule has 0 aliphatic carbocycles. The second-order valence-electron chi connectivity index (χ2n) is 5.55. The maximum atomic E-state index is 11.4. The Hall–Kier alpha value is -1.30. The molecule has 0 N–H and O–H groups in total. The zero-order valence-electron chi connectivity index (χ0n) is 13.3. The molecule has 22 heavy (non-hydrogen) atoms. The van der Waals surface area contributed by atoms with E-state index in [9.17, 15) is 4.79 Å². The summed E-state index contributed by atoms with van der Waals surface area (Å²) in [5.41, 5.74) is -0.490. The Morgan fingerprint density at radius 1 is 1.00 bits per heavy atom. The fraction of sp³-hybridized carbons (Fsp3) is 0.562. The van der Waals surface area contributed by atoms with Crippen LogP contribution in [0.3, 0.4) is 0 Å². The van der Waals surface area contributed by atoms with Crippen LogP contribution in [0.2, 0.25) is 5.02 Å². The maximum Gasteiger partial charge on any atom is 0.332 e. The summed E-state index contributed by atoms with van der Waals surface area (Å²) in [5.74, 6) is 0.368. The maximum absolute atomic E-state index is 11.4. The number of ether oxygens (including phenoxy) is 4. The third kappa shape index (κ3) is 9.60. The van der Waals surface area contributed by atoms with Crippen LogP contribution in [0.4, 0.5) is 0 Å². The molecule has 0 saturated carbocycles. The van der Waals surface area contributed by atoms with Gasteiger partial charge < -0.3 is 18.9 Å². The highest BCUT2D eigenvalue weighted by molar-refractivity contribution is 6.30. The van der Waals surface area contributed by atoms with Crippen molar-refractivity contribution in [1.82, 2.24) is 0 Å². The fourth-order valence-corrected chi connectivity index (χ4v) is 1.62. The molecular weight excluding hydrogens is 308 g/mol. The minimum atomic E-state index is -0.490. The lowest BCUT2D eigenvalue weighted by atomic mass is 10.2. The minimum Gasteiger partial charge on any atom is -0.491 e. The van der Waals surface area contributed by atoms with Gasteiger partial charge in [-0.1, -0.05) is 11.6 Å². The van der Waals surface area contributed by atoms with Gasteiger partial charge in [0.25, 0.3) is 0 Å². The topological polar surface area (TPSA) is 54.0 Å². The van der Waals surface area contributed by atoms with Gasteiger partial charge in [0.15, 0.2) is 0 Å². The number of esters is 1. The van der Waals surface area contributed by atoms with E-state index in [2.05, 4.69) is 0 Å². The Morgan fingerprint density at radius 3 is 2.23 bits per heavy atom. The Morgan fingerprint density at radius 2 is 1.59 bits per heavy atom. The summed E-state index contributed by atoms with van der Waals surface area (Å²) in [6.07, 6.45) is 0. The summed E-state index contributed by atoms with van der Waals surface area (Å²) in [7, 11) is 0. The first kappa shape index (κ1) is 18.7. The van der Waals surface area contributed by atoms with Gasteiger partial charge in [-0.15, -0.1) is 0 Å². The molecule has 0 radical (unpaired) electrons. The van der Waals surface area contributed by atoms with E-state index in [-0.39, 0.29) is 12.6 Å². The minimum absolute atomic E-state index is 0.0676. The molecule has 1 aromatic carbocycles. The summed E-state index contributed by atoms with van der Waals surface area (Å²) in [5, 5.41) is 0.672. The van der Waals surface area contributed by atoms with Gasteiger partial charge in [0.05, 0.1) is 19.8 Å². The van der Waals surface area contributed by atoms with Crippen molar-refractivity contribution in [2.45, 2.75) is 26.4 Å². The molecule has 0 unspecified atom stereocenters. The molecule has 1 rings (SSSR count). The van der Waals surface area contributed by atoms with E-state index in [1.807, 2.05) is 20.8 Å². The molecule has 0 saturated heterocycles. The molecule has 0 atom stereocenters. The average Bonchev–Trinajstić information content (AvgIpc) is 2.42. The van der Waals surface area contributed by atoms with E-state index < -0.39 is 5.60 Å². The van der Waals surface area contributed by atoms with Crippen molar-refractivity contribution in [1.29, 1.82) is 0 Å². The molecule has 0 aliphatic rings. The van der Waals surface area contributed by atoms with Crippen LogP contribution < -0.4 is 4.74 Å².